The second-order valence-corrected chi connectivity index (χ2v) is 6.87. The molecule has 24 heavy (non-hydrogen) atoms. The molecule has 8 heteroatoms. The van der Waals surface area contributed by atoms with Crippen LogP contribution in [-0.2, 0) is 14.4 Å². The molecular formula is C16H17Cl2N3O3. The fourth-order valence-corrected chi connectivity index (χ4v) is 3.64. The van der Waals surface area contributed by atoms with Gasteiger partial charge in [0.25, 0.3) is 0 Å². The van der Waals surface area contributed by atoms with Crippen molar-refractivity contribution in [3.63, 3.8) is 0 Å². The first-order valence-corrected chi connectivity index (χ1v) is 8.48. The molecule has 1 atom stereocenters. The van der Waals surface area contributed by atoms with Gasteiger partial charge in [0.15, 0.2) is 0 Å². The lowest BCUT2D eigenvalue weighted by molar-refractivity contribution is -0.139. The number of benzene rings is 1. The van der Waals surface area contributed by atoms with Crippen molar-refractivity contribution in [3.8, 4) is 0 Å². The van der Waals surface area contributed by atoms with Gasteiger partial charge < -0.3 is 14.7 Å². The zero-order chi connectivity index (χ0) is 17.3. The summed E-state index contributed by atoms with van der Waals surface area (Å²) in [5.74, 6) is -0.527. The normalized spacial score (nSPS) is 21.3. The lowest BCUT2D eigenvalue weighted by Crippen LogP contribution is -2.50. The summed E-state index contributed by atoms with van der Waals surface area (Å²) in [5.41, 5.74) is 0.610. The highest BCUT2D eigenvalue weighted by Crippen LogP contribution is 2.31. The lowest BCUT2D eigenvalue weighted by atomic mass is 10.1. The molecule has 2 heterocycles. The predicted molar refractivity (Wildman–Crippen MR) is 91.1 cm³/mol. The largest absolute Gasteiger partial charge is 0.342 e. The fraction of sp³-hybridized carbons (Fsp3) is 0.438. The summed E-state index contributed by atoms with van der Waals surface area (Å²) in [7, 11) is 0. The van der Waals surface area contributed by atoms with E-state index in [1.165, 1.54) is 0 Å². The van der Waals surface area contributed by atoms with Crippen molar-refractivity contribution < 1.29 is 14.4 Å². The van der Waals surface area contributed by atoms with E-state index in [1.54, 1.807) is 32.9 Å². The summed E-state index contributed by atoms with van der Waals surface area (Å²) in [5, 5.41) is 0.898. The summed E-state index contributed by atoms with van der Waals surface area (Å²) < 4.78 is 0. The number of piperazine rings is 1. The maximum Gasteiger partial charge on any atom is 0.228 e. The Balaban J connectivity index is 1.68. The zero-order valence-electron chi connectivity index (χ0n) is 13.0. The number of amides is 3. The molecule has 0 radical (unpaired) electrons. The molecule has 0 bridgehead atoms. The van der Waals surface area contributed by atoms with Crippen molar-refractivity contribution in [2.75, 3.05) is 37.6 Å². The Kier molecular flexibility index (Phi) is 4.96. The Bertz CT molecular complexity index is 654. The molecule has 0 aromatic heterocycles. The van der Waals surface area contributed by atoms with Crippen LogP contribution in [0.15, 0.2) is 18.2 Å². The monoisotopic (exact) mass is 369 g/mol. The van der Waals surface area contributed by atoms with Gasteiger partial charge in [-0.2, -0.15) is 0 Å². The average Bonchev–Trinajstić information content (AvgIpc) is 2.95. The van der Waals surface area contributed by atoms with Gasteiger partial charge in [0.2, 0.25) is 18.2 Å². The summed E-state index contributed by atoms with van der Waals surface area (Å²) in [4.78, 5) is 40.6. The van der Waals surface area contributed by atoms with Crippen molar-refractivity contribution in [1.29, 1.82) is 0 Å². The van der Waals surface area contributed by atoms with E-state index < -0.39 is 0 Å². The molecule has 128 valence electrons. The van der Waals surface area contributed by atoms with E-state index in [0.29, 0.717) is 48.5 Å². The minimum atomic E-state index is -0.377. The number of carbonyl (C=O) groups is 3. The van der Waals surface area contributed by atoms with E-state index in [-0.39, 0.29) is 24.2 Å². The molecule has 2 aliphatic heterocycles. The van der Waals surface area contributed by atoms with Crippen LogP contribution in [0.2, 0.25) is 10.0 Å². The Labute approximate surface area is 149 Å². The quantitative estimate of drug-likeness (QED) is 0.761. The SMILES string of the molecule is O=CN1CCN(C(=O)C2CC(=O)N(c3cc(Cl)cc(Cl)c3)C2)CC1. The number of nitrogens with zero attached hydrogens (tertiary/aromatic N) is 3. The highest BCUT2D eigenvalue weighted by Gasteiger charge is 2.38. The first-order chi connectivity index (χ1) is 11.5. The third kappa shape index (κ3) is 3.49. The first-order valence-electron chi connectivity index (χ1n) is 7.72. The fourth-order valence-electron chi connectivity index (χ4n) is 3.12. The predicted octanol–water partition coefficient (Wildman–Crippen LogP) is 1.65. The molecule has 1 unspecified atom stereocenters. The highest BCUT2D eigenvalue weighted by molar-refractivity contribution is 6.35. The Morgan fingerprint density at radius 2 is 1.71 bits per heavy atom. The van der Waals surface area contributed by atoms with Gasteiger partial charge >= 0.3 is 0 Å². The highest BCUT2D eigenvalue weighted by atomic mass is 35.5. The van der Waals surface area contributed by atoms with E-state index in [2.05, 4.69) is 0 Å². The molecule has 2 aliphatic rings. The minimum Gasteiger partial charge on any atom is -0.342 e. The lowest BCUT2D eigenvalue weighted by Gasteiger charge is -2.33. The molecule has 0 aliphatic carbocycles. The Morgan fingerprint density at radius 3 is 2.29 bits per heavy atom. The Hall–Kier alpha value is -1.79. The van der Waals surface area contributed by atoms with Crippen LogP contribution in [0.1, 0.15) is 6.42 Å². The minimum absolute atomic E-state index is 0.0375. The zero-order valence-corrected chi connectivity index (χ0v) is 14.5. The van der Waals surface area contributed by atoms with Crippen LogP contribution < -0.4 is 4.90 Å². The molecule has 3 rings (SSSR count). The smallest absolute Gasteiger partial charge is 0.228 e. The van der Waals surface area contributed by atoms with Crippen LogP contribution >= 0.6 is 23.2 Å². The molecular weight excluding hydrogens is 353 g/mol. The third-order valence-corrected chi connectivity index (χ3v) is 4.84. The van der Waals surface area contributed by atoms with Crippen molar-refractivity contribution >= 4 is 47.1 Å². The molecule has 0 N–H and O–H groups in total. The van der Waals surface area contributed by atoms with Crippen LogP contribution in [0.5, 0.6) is 0 Å². The van der Waals surface area contributed by atoms with Gasteiger partial charge in [-0.05, 0) is 18.2 Å². The van der Waals surface area contributed by atoms with Crippen molar-refractivity contribution in [2.24, 2.45) is 5.92 Å². The van der Waals surface area contributed by atoms with E-state index >= 15 is 0 Å². The van der Waals surface area contributed by atoms with Gasteiger partial charge in [-0.1, -0.05) is 23.2 Å². The van der Waals surface area contributed by atoms with Crippen LogP contribution in [0.3, 0.4) is 0 Å². The van der Waals surface area contributed by atoms with Crippen molar-refractivity contribution in [1.82, 2.24) is 9.80 Å². The summed E-state index contributed by atoms with van der Waals surface area (Å²) in [6.07, 6.45) is 0.975. The maximum atomic E-state index is 12.6. The van der Waals surface area contributed by atoms with Gasteiger partial charge in [-0.25, -0.2) is 0 Å². The first kappa shape index (κ1) is 17.0. The molecule has 1 aromatic rings. The summed E-state index contributed by atoms with van der Waals surface area (Å²) >= 11 is 12.0. The average molecular weight is 370 g/mol. The van der Waals surface area contributed by atoms with Crippen molar-refractivity contribution in [2.45, 2.75) is 6.42 Å². The number of anilines is 1. The molecule has 3 amide bonds. The number of halogens is 2. The number of carbonyl (C=O) groups excluding carboxylic acids is 3. The van der Waals surface area contributed by atoms with Crippen LogP contribution in [0.4, 0.5) is 5.69 Å². The second kappa shape index (κ2) is 6.99. The van der Waals surface area contributed by atoms with E-state index in [4.69, 9.17) is 23.2 Å². The van der Waals surface area contributed by atoms with Gasteiger partial charge in [-0.3, -0.25) is 14.4 Å². The number of hydrogen-bond donors (Lipinski definition) is 0. The topological polar surface area (TPSA) is 60.9 Å². The van der Waals surface area contributed by atoms with Crippen molar-refractivity contribution in [3.05, 3.63) is 28.2 Å². The third-order valence-electron chi connectivity index (χ3n) is 4.41. The van der Waals surface area contributed by atoms with Gasteiger partial charge in [-0.15, -0.1) is 0 Å². The maximum absolute atomic E-state index is 12.6. The summed E-state index contributed by atoms with van der Waals surface area (Å²) in [6.45, 7) is 2.39. The summed E-state index contributed by atoms with van der Waals surface area (Å²) in [6, 6.07) is 4.93. The number of rotatable bonds is 3. The molecule has 6 nitrogen and oxygen atoms in total. The standard InChI is InChI=1S/C16H17Cl2N3O3/c17-12-6-13(18)8-14(7-12)21-9-11(5-15(21)23)16(24)20-3-1-19(10-22)2-4-20/h6-8,10-11H,1-5,9H2. The van der Waals surface area contributed by atoms with Gasteiger partial charge in [0, 0.05) is 54.9 Å². The molecule has 0 spiro atoms. The number of hydrogen-bond acceptors (Lipinski definition) is 3. The molecule has 1 aromatic carbocycles. The Morgan fingerprint density at radius 1 is 1.08 bits per heavy atom. The van der Waals surface area contributed by atoms with Crippen LogP contribution in [0, 0.1) is 5.92 Å². The van der Waals surface area contributed by atoms with Crippen LogP contribution in [-0.4, -0.2) is 60.7 Å². The van der Waals surface area contributed by atoms with E-state index in [9.17, 15) is 14.4 Å². The second-order valence-electron chi connectivity index (χ2n) is 6.00. The van der Waals surface area contributed by atoms with E-state index in [0.717, 1.165) is 6.41 Å². The van der Waals surface area contributed by atoms with Crippen LogP contribution in [0.25, 0.3) is 0 Å². The van der Waals surface area contributed by atoms with Gasteiger partial charge in [0.05, 0.1) is 5.92 Å². The molecule has 0 saturated carbocycles. The van der Waals surface area contributed by atoms with E-state index in [1.807, 2.05) is 0 Å². The van der Waals surface area contributed by atoms with Gasteiger partial charge in [0.1, 0.15) is 0 Å². The molecule has 2 saturated heterocycles. The molecule has 2 fully saturated rings.